The van der Waals surface area contributed by atoms with E-state index in [4.69, 9.17) is 0 Å². The molecule has 0 aliphatic carbocycles. The van der Waals surface area contributed by atoms with Crippen molar-refractivity contribution >= 4 is 12.0 Å². The van der Waals surface area contributed by atoms with Gasteiger partial charge in [0.05, 0.1) is 5.56 Å². The molecule has 0 saturated carbocycles. The van der Waals surface area contributed by atoms with E-state index in [9.17, 15) is 18.0 Å². The smallest absolute Gasteiger partial charge is 0.294 e. The second kappa shape index (κ2) is 7.90. The van der Waals surface area contributed by atoms with E-state index in [0.717, 1.165) is 17.7 Å². The van der Waals surface area contributed by atoms with Gasteiger partial charge in [0.1, 0.15) is 0 Å². The Kier molecular flexibility index (Phi) is 5.90. The Morgan fingerprint density at radius 2 is 1.83 bits per heavy atom. The number of ketones is 1. The van der Waals surface area contributed by atoms with E-state index >= 15 is 0 Å². The maximum atomic E-state index is 12.8. The Morgan fingerprint density at radius 1 is 1.12 bits per heavy atom. The van der Waals surface area contributed by atoms with E-state index in [1.807, 2.05) is 37.3 Å². The second-order valence-corrected chi connectivity index (χ2v) is 5.45. The van der Waals surface area contributed by atoms with E-state index in [-0.39, 0.29) is 17.9 Å². The molecule has 126 valence electrons. The first-order chi connectivity index (χ1) is 11.4. The molecule has 5 heteroatoms. The van der Waals surface area contributed by atoms with E-state index in [1.165, 1.54) is 12.1 Å². The molecule has 0 amide bonds. The van der Waals surface area contributed by atoms with Gasteiger partial charge in [-0.3, -0.25) is 9.79 Å². The van der Waals surface area contributed by atoms with Gasteiger partial charge in [-0.25, -0.2) is 0 Å². The van der Waals surface area contributed by atoms with Gasteiger partial charge in [0.2, 0.25) is 0 Å². The minimum Gasteiger partial charge on any atom is -0.294 e. The van der Waals surface area contributed by atoms with Crippen molar-refractivity contribution in [3.8, 4) is 0 Å². The van der Waals surface area contributed by atoms with Gasteiger partial charge >= 0.3 is 6.18 Å². The van der Waals surface area contributed by atoms with Gasteiger partial charge in [-0.1, -0.05) is 49.4 Å². The molecule has 2 nitrogen and oxygen atoms in total. The molecular weight excluding hydrogens is 315 g/mol. The number of Topliss-reactive ketones (excluding diaryl/α,β-unsaturated/α-hetero) is 1. The lowest BCUT2D eigenvalue weighted by atomic mass is 9.94. The Morgan fingerprint density at radius 3 is 2.46 bits per heavy atom. The van der Waals surface area contributed by atoms with Gasteiger partial charge < -0.3 is 0 Å². The van der Waals surface area contributed by atoms with Crippen molar-refractivity contribution in [2.75, 3.05) is 6.54 Å². The molecule has 2 aromatic rings. The number of alkyl halides is 3. The van der Waals surface area contributed by atoms with E-state index < -0.39 is 17.7 Å². The van der Waals surface area contributed by atoms with Gasteiger partial charge in [0.15, 0.2) is 5.78 Å². The van der Waals surface area contributed by atoms with Crippen LogP contribution >= 0.6 is 0 Å². The third-order valence-electron chi connectivity index (χ3n) is 3.70. The highest BCUT2D eigenvalue weighted by molar-refractivity contribution is 5.98. The number of aliphatic imine (C=N–C) groups is 1. The highest BCUT2D eigenvalue weighted by Gasteiger charge is 2.31. The first-order valence-corrected chi connectivity index (χ1v) is 7.68. The number of halogens is 3. The summed E-state index contributed by atoms with van der Waals surface area (Å²) in [4.78, 5) is 16.7. The fourth-order valence-electron chi connectivity index (χ4n) is 2.31. The topological polar surface area (TPSA) is 29.4 Å². The fourth-order valence-corrected chi connectivity index (χ4v) is 2.31. The minimum absolute atomic E-state index is 0.0755. The van der Waals surface area contributed by atoms with Gasteiger partial charge in [-0.05, 0) is 24.1 Å². The molecule has 0 fully saturated rings. The molecule has 0 heterocycles. The summed E-state index contributed by atoms with van der Waals surface area (Å²) in [5.74, 6) is -0.748. The van der Waals surface area contributed by atoms with Crippen LogP contribution in [0, 0.1) is 5.92 Å². The maximum Gasteiger partial charge on any atom is 0.416 e. The van der Waals surface area contributed by atoms with Crippen LogP contribution in [0.15, 0.2) is 59.6 Å². The lowest BCUT2D eigenvalue weighted by molar-refractivity contribution is -0.137. The average Bonchev–Trinajstić information content (AvgIpc) is 2.58. The highest BCUT2D eigenvalue weighted by atomic mass is 19.4. The van der Waals surface area contributed by atoms with Crippen molar-refractivity contribution in [2.45, 2.75) is 19.5 Å². The lowest BCUT2D eigenvalue weighted by Gasteiger charge is -2.13. The van der Waals surface area contributed by atoms with E-state index in [1.54, 1.807) is 6.21 Å². The molecule has 24 heavy (non-hydrogen) atoms. The summed E-state index contributed by atoms with van der Waals surface area (Å²) in [6, 6.07) is 14.0. The van der Waals surface area contributed by atoms with Gasteiger partial charge in [0, 0.05) is 24.2 Å². The van der Waals surface area contributed by atoms with Crippen molar-refractivity contribution in [2.24, 2.45) is 10.9 Å². The summed E-state index contributed by atoms with van der Waals surface area (Å²) in [6.45, 7) is 2.08. The van der Waals surface area contributed by atoms with Crippen LogP contribution in [0.3, 0.4) is 0 Å². The maximum absolute atomic E-state index is 12.8. The molecule has 0 radical (unpaired) electrons. The third kappa shape index (κ3) is 4.78. The first kappa shape index (κ1) is 17.9. The van der Waals surface area contributed by atoms with E-state index in [0.29, 0.717) is 6.42 Å². The van der Waals surface area contributed by atoms with Crippen molar-refractivity contribution in [1.29, 1.82) is 0 Å². The molecule has 0 spiro atoms. The highest BCUT2D eigenvalue weighted by Crippen LogP contribution is 2.30. The second-order valence-electron chi connectivity index (χ2n) is 5.45. The zero-order valence-corrected chi connectivity index (χ0v) is 13.3. The predicted molar refractivity (Wildman–Crippen MR) is 88.5 cm³/mol. The zero-order valence-electron chi connectivity index (χ0n) is 13.3. The Bertz CT molecular complexity index is 708. The molecule has 1 unspecified atom stereocenters. The quantitative estimate of drug-likeness (QED) is 0.538. The summed E-state index contributed by atoms with van der Waals surface area (Å²) in [7, 11) is 0. The number of hydrogen-bond acceptors (Lipinski definition) is 2. The normalized spacial score (nSPS) is 13.2. The van der Waals surface area contributed by atoms with Crippen LogP contribution in [0.4, 0.5) is 13.2 Å². The number of nitrogens with zero attached hydrogens (tertiary/aromatic N) is 1. The summed E-state index contributed by atoms with van der Waals surface area (Å²) in [5.41, 5.74) is 0.182. The predicted octanol–water partition coefficient (Wildman–Crippen LogP) is 5.03. The van der Waals surface area contributed by atoms with Crippen LogP contribution in [-0.2, 0) is 6.18 Å². The molecule has 0 bridgehead atoms. The monoisotopic (exact) mass is 333 g/mol. The SMILES string of the molecule is CCC(CN=Cc1ccccc1)C(=O)c1cccc(C(F)(F)F)c1. The van der Waals surface area contributed by atoms with Crippen LogP contribution in [0.25, 0.3) is 0 Å². The minimum atomic E-state index is -4.45. The molecule has 0 N–H and O–H groups in total. The summed E-state index contributed by atoms with van der Waals surface area (Å²) >= 11 is 0. The molecule has 0 aliphatic rings. The number of carbonyl (C=O) groups excluding carboxylic acids is 1. The summed E-state index contributed by atoms with van der Waals surface area (Å²) in [6.07, 6.45) is -2.27. The molecule has 0 aromatic heterocycles. The summed E-state index contributed by atoms with van der Waals surface area (Å²) < 4.78 is 38.3. The molecule has 0 aliphatic heterocycles. The number of hydrogen-bond donors (Lipinski definition) is 0. The van der Waals surface area contributed by atoms with Gasteiger partial charge in [-0.15, -0.1) is 0 Å². The van der Waals surface area contributed by atoms with Crippen molar-refractivity contribution in [3.05, 3.63) is 71.3 Å². The fraction of sp³-hybridized carbons (Fsp3) is 0.263. The Balaban J connectivity index is 2.10. The molecule has 2 rings (SSSR count). The average molecular weight is 333 g/mol. The van der Waals surface area contributed by atoms with Crippen molar-refractivity contribution in [1.82, 2.24) is 0 Å². The number of rotatable bonds is 6. The lowest BCUT2D eigenvalue weighted by Crippen LogP contribution is -2.18. The third-order valence-corrected chi connectivity index (χ3v) is 3.70. The Labute approximate surface area is 139 Å². The van der Waals surface area contributed by atoms with Gasteiger partial charge in [0.25, 0.3) is 0 Å². The molecule has 1 atom stereocenters. The summed E-state index contributed by atoms with van der Waals surface area (Å²) in [5, 5.41) is 0. The molecule has 2 aromatic carbocycles. The van der Waals surface area contributed by atoms with Crippen molar-refractivity contribution in [3.63, 3.8) is 0 Å². The number of carbonyl (C=O) groups is 1. The van der Waals surface area contributed by atoms with Crippen LogP contribution in [0.5, 0.6) is 0 Å². The van der Waals surface area contributed by atoms with Crippen LogP contribution in [0.2, 0.25) is 0 Å². The molecular formula is C19H18F3NO. The van der Waals surface area contributed by atoms with Crippen LogP contribution in [0.1, 0.15) is 34.8 Å². The van der Waals surface area contributed by atoms with Gasteiger partial charge in [-0.2, -0.15) is 13.2 Å². The zero-order chi connectivity index (χ0) is 17.6. The Hall–Kier alpha value is -2.43. The standard InChI is InChI=1S/C19H18F3NO/c1-2-15(13-23-12-14-7-4-3-5-8-14)18(24)16-9-6-10-17(11-16)19(20,21)22/h3-12,15H,2,13H2,1H3. The first-order valence-electron chi connectivity index (χ1n) is 7.68. The number of benzene rings is 2. The van der Waals surface area contributed by atoms with Crippen LogP contribution < -0.4 is 0 Å². The largest absolute Gasteiger partial charge is 0.416 e. The van der Waals surface area contributed by atoms with E-state index in [2.05, 4.69) is 4.99 Å². The molecule has 0 saturated heterocycles. The van der Waals surface area contributed by atoms with Crippen LogP contribution in [-0.4, -0.2) is 18.5 Å². The van der Waals surface area contributed by atoms with Crippen molar-refractivity contribution < 1.29 is 18.0 Å².